The number of nitro groups is 1. The summed E-state index contributed by atoms with van der Waals surface area (Å²) in [5.74, 6) is 0.322. The van der Waals surface area contributed by atoms with Gasteiger partial charge in [0, 0.05) is 0 Å². The summed E-state index contributed by atoms with van der Waals surface area (Å²) in [4.78, 5) is 14.0. The molecular formula is C12H19N3O3. The number of nitrogens with zero attached hydrogens (tertiary/aromatic N) is 2. The molecule has 1 heterocycles. The minimum atomic E-state index is -0.508. The van der Waals surface area contributed by atoms with Crippen LogP contribution >= 0.6 is 0 Å². The smallest absolute Gasteiger partial charge is 0.278 e. The van der Waals surface area contributed by atoms with Crippen LogP contribution in [0.25, 0.3) is 0 Å². The van der Waals surface area contributed by atoms with Crippen LogP contribution in [-0.4, -0.2) is 16.5 Å². The van der Waals surface area contributed by atoms with Gasteiger partial charge in [-0.1, -0.05) is 32.6 Å². The molecule has 1 rings (SSSR count). The summed E-state index contributed by atoms with van der Waals surface area (Å²) in [5, 5.41) is 10.6. The van der Waals surface area contributed by atoms with Crippen molar-refractivity contribution < 1.29 is 9.66 Å². The molecule has 6 heteroatoms. The van der Waals surface area contributed by atoms with E-state index in [4.69, 9.17) is 10.5 Å². The highest BCUT2D eigenvalue weighted by atomic mass is 16.6. The van der Waals surface area contributed by atoms with E-state index in [1.807, 2.05) is 0 Å². The molecule has 18 heavy (non-hydrogen) atoms. The highest BCUT2D eigenvalue weighted by Crippen LogP contribution is 2.20. The number of rotatable bonds is 8. The second-order valence-electron chi connectivity index (χ2n) is 4.11. The van der Waals surface area contributed by atoms with Crippen molar-refractivity contribution in [3.63, 3.8) is 0 Å². The van der Waals surface area contributed by atoms with E-state index in [-0.39, 0.29) is 17.4 Å². The average Bonchev–Trinajstić information content (AvgIpc) is 2.33. The summed E-state index contributed by atoms with van der Waals surface area (Å²) in [5.41, 5.74) is 5.38. The summed E-state index contributed by atoms with van der Waals surface area (Å²) >= 11 is 0. The third-order valence-corrected chi connectivity index (χ3v) is 2.52. The number of hydrogen-bond donors (Lipinski definition) is 1. The zero-order chi connectivity index (χ0) is 13.4. The fourth-order valence-electron chi connectivity index (χ4n) is 1.57. The Hall–Kier alpha value is -1.85. The van der Waals surface area contributed by atoms with Gasteiger partial charge in [-0.25, -0.2) is 0 Å². The Bertz CT molecular complexity index is 396. The summed E-state index contributed by atoms with van der Waals surface area (Å²) in [6.45, 7) is 2.67. The van der Waals surface area contributed by atoms with E-state index in [9.17, 15) is 10.1 Å². The standard InChI is InChI=1S/C12H19N3O3/c1-2-3-4-5-6-7-18-12-9-10(15(16)17)8-11(13)14-12/h8-9H,2-7H2,1H3,(H2,13,14). The highest BCUT2D eigenvalue weighted by Gasteiger charge is 2.10. The van der Waals surface area contributed by atoms with Crippen LogP contribution in [0.2, 0.25) is 0 Å². The number of ether oxygens (including phenoxy) is 1. The van der Waals surface area contributed by atoms with E-state index in [0.29, 0.717) is 6.61 Å². The molecule has 0 aliphatic heterocycles. The number of aromatic nitrogens is 1. The van der Waals surface area contributed by atoms with Crippen LogP contribution in [-0.2, 0) is 0 Å². The van der Waals surface area contributed by atoms with Crippen molar-refractivity contribution >= 4 is 11.5 Å². The normalized spacial score (nSPS) is 10.3. The first-order valence-electron chi connectivity index (χ1n) is 6.18. The van der Waals surface area contributed by atoms with Crippen molar-refractivity contribution in [3.8, 4) is 5.88 Å². The van der Waals surface area contributed by atoms with E-state index < -0.39 is 4.92 Å². The Morgan fingerprint density at radius 1 is 1.33 bits per heavy atom. The molecule has 0 saturated carbocycles. The van der Waals surface area contributed by atoms with Crippen molar-refractivity contribution in [2.24, 2.45) is 0 Å². The van der Waals surface area contributed by atoms with Gasteiger partial charge in [-0.2, -0.15) is 4.98 Å². The summed E-state index contributed by atoms with van der Waals surface area (Å²) < 4.78 is 5.36. The zero-order valence-corrected chi connectivity index (χ0v) is 10.6. The van der Waals surface area contributed by atoms with Crippen LogP contribution < -0.4 is 10.5 Å². The molecule has 0 bridgehead atoms. The molecule has 1 aromatic rings. The van der Waals surface area contributed by atoms with Gasteiger partial charge >= 0.3 is 0 Å². The fourth-order valence-corrected chi connectivity index (χ4v) is 1.57. The quantitative estimate of drug-likeness (QED) is 0.437. The van der Waals surface area contributed by atoms with Crippen LogP contribution in [0.5, 0.6) is 5.88 Å². The van der Waals surface area contributed by atoms with Gasteiger partial charge in [-0.15, -0.1) is 0 Å². The van der Waals surface area contributed by atoms with Crippen molar-refractivity contribution in [3.05, 3.63) is 22.2 Å². The molecule has 0 atom stereocenters. The number of unbranched alkanes of at least 4 members (excludes halogenated alkanes) is 4. The van der Waals surface area contributed by atoms with Crippen LogP contribution in [0, 0.1) is 10.1 Å². The van der Waals surface area contributed by atoms with Gasteiger partial charge in [0.1, 0.15) is 5.82 Å². The number of nitrogen functional groups attached to an aromatic ring is 1. The third kappa shape index (κ3) is 4.99. The molecular weight excluding hydrogens is 234 g/mol. The third-order valence-electron chi connectivity index (χ3n) is 2.52. The Kier molecular flexibility index (Phi) is 5.90. The van der Waals surface area contributed by atoms with Gasteiger partial charge in [-0.3, -0.25) is 10.1 Å². The van der Waals surface area contributed by atoms with Crippen molar-refractivity contribution in [2.45, 2.75) is 39.0 Å². The van der Waals surface area contributed by atoms with Crippen LogP contribution in [0.4, 0.5) is 11.5 Å². The number of anilines is 1. The lowest BCUT2D eigenvalue weighted by atomic mass is 10.2. The molecule has 0 aromatic carbocycles. The maximum Gasteiger partial charge on any atom is 0.278 e. The second kappa shape index (κ2) is 7.47. The first-order chi connectivity index (χ1) is 8.63. The number of nitrogens with two attached hydrogens (primary N) is 1. The zero-order valence-electron chi connectivity index (χ0n) is 10.6. The Balaban J connectivity index is 2.40. The minimum Gasteiger partial charge on any atom is -0.477 e. The van der Waals surface area contributed by atoms with E-state index in [1.54, 1.807) is 0 Å². The number of hydrogen-bond acceptors (Lipinski definition) is 5. The summed E-state index contributed by atoms with van der Waals surface area (Å²) in [6, 6.07) is 2.51. The molecule has 0 radical (unpaired) electrons. The lowest BCUT2D eigenvalue weighted by molar-refractivity contribution is -0.384. The molecule has 0 amide bonds. The van der Waals surface area contributed by atoms with Gasteiger partial charge in [0.2, 0.25) is 5.88 Å². The molecule has 0 fully saturated rings. The molecule has 2 N–H and O–H groups in total. The second-order valence-corrected chi connectivity index (χ2v) is 4.11. The summed E-state index contributed by atoms with van der Waals surface area (Å²) in [7, 11) is 0. The molecule has 0 aliphatic carbocycles. The Labute approximate surface area is 106 Å². The van der Waals surface area contributed by atoms with Gasteiger partial charge in [0.05, 0.1) is 23.7 Å². The van der Waals surface area contributed by atoms with Crippen LogP contribution in [0.3, 0.4) is 0 Å². The van der Waals surface area contributed by atoms with Crippen LogP contribution in [0.15, 0.2) is 12.1 Å². The largest absolute Gasteiger partial charge is 0.477 e. The SMILES string of the molecule is CCCCCCCOc1cc([N+](=O)[O-])cc(N)n1. The predicted octanol–water partition coefficient (Wildman–Crippen LogP) is 2.92. The minimum absolute atomic E-state index is 0.0940. The van der Waals surface area contributed by atoms with Crippen molar-refractivity contribution in [1.82, 2.24) is 4.98 Å². The molecule has 0 aliphatic rings. The molecule has 0 spiro atoms. The van der Waals surface area contributed by atoms with Gasteiger partial charge in [-0.05, 0) is 6.42 Å². The summed E-state index contributed by atoms with van der Waals surface area (Å²) in [6.07, 6.45) is 5.62. The monoisotopic (exact) mass is 253 g/mol. The highest BCUT2D eigenvalue weighted by molar-refractivity contribution is 5.45. The maximum atomic E-state index is 10.6. The maximum absolute atomic E-state index is 10.6. The Morgan fingerprint density at radius 3 is 2.72 bits per heavy atom. The molecule has 1 aromatic heterocycles. The number of pyridine rings is 1. The lowest BCUT2D eigenvalue weighted by Crippen LogP contribution is -2.02. The lowest BCUT2D eigenvalue weighted by Gasteiger charge is -2.05. The van der Waals surface area contributed by atoms with E-state index in [2.05, 4.69) is 11.9 Å². The van der Waals surface area contributed by atoms with Gasteiger partial charge < -0.3 is 10.5 Å². The van der Waals surface area contributed by atoms with Crippen molar-refractivity contribution in [2.75, 3.05) is 12.3 Å². The van der Waals surface area contributed by atoms with Gasteiger partial charge in [0.25, 0.3) is 5.69 Å². The van der Waals surface area contributed by atoms with E-state index >= 15 is 0 Å². The van der Waals surface area contributed by atoms with Crippen molar-refractivity contribution in [1.29, 1.82) is 0 Å². The predicted molar refractivity (Wildman–Crippen MR) is 69.6 cm³/mol. The average molecular weight is 253 g/mol. The van der Waals surface area contributed by atoms with E-state index in [0.717, 1.165) is 12.8 Å². The molecule has 0 unspecified atom stereocenters. The molecule has 6 nitrogen and oxygen atoms in total. The first kappa shape index (κ1) is 14.2. The fraction of sp³-hybridized carbons (Fsp3) is 0.583. The first-order valence-corrected chi connectivity index (χ1v) is 6.18. The van der Waals surface area contributed by atoms with Gasteiger partial charge in [0.15, 0.2) is 0 Å². The van der Waals surface area contributed by atoms with E-state index in [1.165, 1.54) is 31.4 Å². The molecule has 0 saturated heterocycles. The topological polar surface area (TPSA) is 91.3 Å². The Morgan fingerprint density at radius 2 is 2.06 bits per heavy atom. The molecule has 100 valence electrons. The van der Waals surface area contributed by atoms with Crippen LogP contribution in [0.1, 0.15) is 39.0 Å².